The number of rotatable bonds is 5. The van der Waals surface area contributed by atoms with Crippen molar-refractivity contribution in [3.63, 3.8) is 0 Å². The summed E-state index contributed by atoms with van der Waals surface area (Å²) in [6.45, 7) is 16.6. The second-order valence-electron chi connectivity index (χ2n) is 10.6. The van der Waals surface area contributed by atoms with E-state index in [1.54, 1.807) is 0 Å². The van der Waals surface area contributed by atoms with E-state index in [1.165, 1.54) is 5.57 Å². The first-order chi connectivity index (χ1) is 13.5. The molecule has 4 heteroatoms. The highest BCUT2D eigenvalue weighted by Gasteiger charge is 2.63. The van der Waals surface area contributed by atoms with Crippen LogP contribution in [0.15, 0.2) is 24.8 Å². The van der Waals surface area contributed by atoms with E-state index < -0.39 is 11.4 Å². The molecule has 162 valence electrons. The standard InChI is InChI=1S/C25H38O4/c1-7-17-16(4)9-10-18-22(17)19(29-21(26)13-15(2)3)14-20-24(18,5)11-8-12-25(20,6)23(27)28/h7,15,17-20,22H,1,4,8-14H2,2-3,5-6H3,(H,27,28). The van der Waals surface area contributed by atoms with Gasteiger partial charge in [0.05, 0.1) is 5.41 Å². The number of carboxylic acids is 1. The Labute approximate surface area is 175 Å². The monoisotopic (exact) mass is 402 g/mol. The van der Waals surface area contributed by atoms with Gasteiger partial charge in [-0.15, -0.1) is 6.58 Å². The molecule has 3 saturated carbocycles. The van der Waals surface area contributed by atoms with Crippen molar-refractivity contribution in [3.8, 4) is 0 Å². The third kappa shape index (κ3) is 3.68. The normalized spacial score (nSPS) is 42.0. The van der Waals surface area contributed by atoms with Crippen molar-refractivity contribution >= 4 is 11.9 Å². The molecule has 29 heavy (non-hydrogen) atoms. The van der Waals surface area contributed by atoms with Crippen LogP contribution in [0.2, 0.25) is 0 Å². The number of allylic oxidation sites excluding steroid dienone is 2. The van der Waals surface area contributed by atoms with Gasteiger partial charge in [0.15, 0.2) is 0 Å². The molecule has 3 aliphatic rings. The number of carboxylic acid groups (broad SMARTS) is 1. The minimum Gasteiger partial charge on any atom is -0.481 e. The minimum absolute atomic E-state index is 0.0104. The Kier molecular flexibility index (Phi) is 6.04. The van der Waals surface area contributed by atoms with Crippen LogP contribution in [-0.2, 0) is 14.3 Å². The lowest BCUT2D eigenvalue weighted by Crippen LogP contribution is -2.61. The smallest absolute Gasteiger partial charge is 0.309 e. The van der Waals surface area contributed by atoms with E-state index in [0.29, 0.717) is 25.2 Å². The van der Waals surface area contributed by atoms with Gasteiger partial charge in [-0.3, -0.25) is 9.59 Å². The molecule has 0 heterocycles. The topological polar surface area (TPSA) is 63.6 Å². The van der Waals surface area contributed by atoms with E-state index in [1.807, 2.05) is 26.8 Å². The third-order valence-corrected chi connectivity index (χ3v) is 8.45. The molecule has 3 rings (SSSR count). The molecule has 0 amide bonds. The van der Waals surface area contributed by atoms with Crippen LogP contribution in [-0.4, -0.2) is 23.1 Å². The first-order valence-corrected chi connectivity index (χ1v) is 11.3. The summed E-state index contributed by atoms with van der Waals surface area (Å²) in [6, 6.07) is 0. The molecular formula is C25H38O4. The Bertz CT molecular complexity index is 695. The van der Waals surface area contributed by atoms with Gasteiger partial charge in [-0.2, -0.15) is 0 Å². The summed E-state index contributed by atoms with van der Waals surface area (Å²) in [5.41, 5.74) is 0.350. The summed E-state index contributed by atoms with van der Waals surface area (Å²) in [6.07, 6.45) is 7.36. The van der Waals surface area contributed by atoms with Gasteiger partial charge < -0.3 is 9.84 Å². The number of hydrogen-bond donors (Lipinski definition) is 1. The van der Waals surface area contributed by atoms with Gasteiger partial charge in [0.1, 0.15) is 6.10 Å². The van der Waals surface area contributed by atoms with Gasteiger partial charge in [-0.1, -0.05) is 45.4 Å². The average molecular weight is 403 g/mol. The highest BCUT2D eigenvalue weighted by molar-refractivity contribution is 5.75. The molecule has 4 nitrogen and oxygen atoms in total. The largest absolute Gasteiger partial charge is 0.481 e. The second-order valence-corrected chi connectivity index (χ2v) is 10.6. The van der Waals surface area contributed by atoms with E-state index in [4.69, 9.17) is 4.74 Å². The van der Waals surface area contributed by atoms with Crippen LogP contribution < -0.4 is 0 Å². The highest BCUT2D eigenvalue weighted by Crippen LogP contribution is 2.65. The van der Waals surface area contributed by atoms with Crippen molar-refractivity contribution in [1.29, 1.82) is 0 Å². The van der Waals surface area contributed by atoms with Gasteiger partial charge in [0, 0.05) is 18.3 Å². The second kappa shape index (κ2) is 7.92. The summed E-state index contributed by atoms with van der Waals surface area (Å²) in [7, 11) is 0. The van der Waals surface area contributed by atoms with Crippen LogP contribution in [0, 0.1) is 40.4 Å². The molecule has 0 aromatic rings. The Morgan fingerprint density at radius 3 is 2.59 bits per heavy atom. The molecule has 7 unspecified atom stereocenters. The molecule has 3 aliphatic carbocycles. The molecular weight excluding hydrogens is 364 g/mol. The molecule has 0 spiro atoms. The van der Waals surface area contributed by atoms with Crippen LogP contribution in [0.4, 0.5) is 0 Å². The summed E-state index contributed by atoms with van der Waals surface area (Å²) in [5, 5.41) is 10.1. The zero-order chi connectivity index (χ0) is 21.6. The fourth-order valence-corrected chi connectivity index (χ4v) is 7.01. The van der Waals surface area contributed by atoms with Crippen molar-refractivity contribution < 1.29 is 19.4 Å². The van der Waals surface area contributed by atoms with E-state index >= 15 is 0 Å². The van der Waals surface area contributed by atoms with E-state index in [2.05, 4.69) is 20.1 Å². The van der Waals surface area contributed by atoms with E-state index in [-0.39, 0.29) is 41.2 Å². The fraction of sp³-hybridized carbons (Fsp3) is 0.760. The molecule has 0 aromatic carbocycles. The molecule has 0 saturated heterocycles. The Hall–Kier alpha value is -1.58. The molecule has 0 aromatic heterocycles. The summed E-state index contributed by atoms with van der Waals surface area (Å²) in [5.74, 6) is -0.0214. The highest BCUT2D eigenvalue weighted by atomic mass is 16.5. The SMILES string of the molecule is C=CC1C(=C)CCC2C1C(OC(=O)CC(C)C)CC1C(C)(C(=O)O)CCCC21C. The molecule has 3 fully saturated rings. The lowest BCUT2D eigenvalue weighted by Gasteiger charge is -2.62. The van der Waals surface area contributed by atoms with Crippen LogP contribution in [0.1, 0.15) is 72.6 Å². The first kappa shape index (κ1) is 22.1. The predicted octanol–water partition coefficient (Wildman–Crippen LogP) is 5.63. The third-order valence-electron chi connectivity index (χ3n) is 8.45. The number of fused-ring (bicyclic) bond motifs is 3. The lowest BCUT2D eigenvalue weighted by atomic mass is 9.42. The summed E-state index contributed by atoms with van der Waals surface area (Å²) in [4.78, 5) is 25.0. The molecule has 0 aliphatic heterocycles. The number of esters is 1. The van der Waals surface area contributed by atoms with Crippen molar-refractivity contribution in [3.05, 3.63) is 24.8 Å². The van der Waals surface area contributed by atoms with Gasteiger partial charge in [-0.05, 0) is 62.2 Å². The fourth-order valence-electron chi connectivity index (χ4n) is 7.01. The molecule has 1 N–H and O–H groups in total. The minimum atomic E-state index is -0.765. The van der Waals surface area contributed by atoms with E-state index in [9.17, 15) is 14.7 Å². The van der Waals surface area contributed by atoms with Crippen LogP contribution in [0.3, 0.4) is 0 Å². The molecule has 7 atom stereocenters. The van der Waals surface area contributed by atoms with Gasteiger partial charge in [-0.25, -0.2) is 0 Å². The van der Waals surface area contributed by atoms with Crippen LogP contribution >= 0.6 is 0 Å². The van der Waals surface area contributed by atoms with Crippen LogP contribution in [0.25, 0.3) is 0 Å². The zero-order valence-corrected chi connectivity index (χ0v) is 18.6. The number of aliphatic carboxylic acids is 1. The number of ether oxygens (including phenoxy) is 1. The summed E-state index contributed by atoms with van der Waals surface area (Å²) >= 11 is 0. The Balaban J connectivity index is 2.02. The molecule has 0 radical (unpaired) electrons. The van der Waals surface area contributed by atoms with Crippen LogP contribution in [0.5, 0.6) is 0 Å². The maximum atomic E-state index is 12.6. The number of hydrogen-bond acceptors (Lipinski definition) is 3. The lowest BCUT2D eigenvalue weighted by molar-refractivity contribution is -0.197. The Morgan fingerprint density at radius 1 is 1.31 bits per heavy atom. The summed E-state index contributed by atoms with van der Waals surface area (Å²) < 4.78 is 6.10. The van der Waals surface area contributed by atoms with Crippen molar-refractivity contribution in [2.45, 2.75) is 78.7 Å². The average Bonchev–Trinajstić information content (AvgIpc) is 2.62. The quantitative estimate of drug-likeness (QED) is 0.478. The first-order valence-electron chi connectivity index (χ1n) is 11.3. The van der Waals surface area contributed by atoms with Gasteiger partial charge >= 0.3 is 11.9 Å². The maximum absolute atomic E-state index is 12.6. The van der Waals surface area contributed by atoms with Crippen molar-refractivity contribution in [2.24, 2.45) is 40.4 Å². The number of carbonyl (C=O) groups excluding carboxylic acids is 1. The van der Waals surface area contributed by atoms with Gasteiger partial charge in [0.2, 0.25) is 0 Å². The van der Waals surface area contributed by atoms with Gasteiger partial charge in [0.25, 0.3) is 0 Å². The zero-order valence-electron chi connectivity index (χ0n) is 18.6. The number of carbonyl (C=O) groups is 2. The Morgan fingerprint density at radius 2 is 2.00 bits per heavy atom. The van der Waals surface area contributed by atoms with E-state index in [0.717, 1.165) is 25.7 Å². The predicted molar refractivity (Wildman–Crippen MR) is 114 cm³/mol. The van der Waals surface area contributed by atoms with Crippen molar-refractivity contribution in [1.82, 2.24) is 0 Å². The molecule has 0 bridgehead atoms. The maximum Gasteiger partial charge on any atom is 0.309 e. The van der Waals surface area contributed by atoms with Crippen molar-refractivity contribution in [2.75, 3.05) is 0 Å².